The van der Waals surface area contributed by atoms with Gasteiger partial charge in [-0.25, -0.2) is 0 Å². The number of para-hydroxylation sites is 1. The molecule has 1 aliphatic heterocycles. The molecule has 0 atom stereocenters. The van der Waals surface area contributed by atoms with Gasteiger partial charge in [-0.3, -0.25) is 14.9 Å². The lowest BCUT2D eigenvalue weighted by Crippen LogP contribution is -2.20. The summed E-state index contributed by atoms with van der Waals surface area (Å²) in [6.45, 7) is 0. The molecule has 0 fully saturated rings. The van der Waals surface area contributed by atoms with E-state index in [0.29, 0.717) is 11.1 Å². The van der Waals surface area contributed by atoms with Crippen molar-refractivity contribution < 1.29 is 14.8 Å². The Kier molecular flexibility index (Phi) is 3.14. The van der Waals surface area contributed by atoms with Gasteiger partial charge in [0.15, 0.2) is 0 Å². The van der Waals surface area contributed by atoms with E-state index in [9.17, 15) is 20.0 Å². The molecule has 6 heteroatoms. The molecule has 0 bridgehead atoms. The summed E-state index contributed by atoms with van der Waals surface area (Å²) < 4.78 is 0. The van der Waals surface area contributed by atoms with Crippen molar-refractivity contribution in [1.29, 1.82) is 0 Å². The molecule has 6 nitrogen and oxygen atoms in total. The van der Waals surface area contributed by atoms with Gasteiger partial charge in [-0.2, -0.15) is 0 Å². The third-order valence-electron chi connectivity index (χ3n) is 3.58. The number of hydrogen-bond donors (Lipinski definition) is 0. The monoisotopic (exact) mass is 295 g/mol. The Bertz CT molecular complexity index is 827. The summed E-state index contributed by atoms with van der Waals surface area (Å²) in [5.74, 6) is -0.836. The van der Waals surface area contributed by atoms with Crippen LogP contribution in [0.2, 0.25) is 0 Å². The van der Waals surface area contributed by atoms with E-state index in [1.807, 2.05) is 24.3 Å². The van der Waals surface area contributed by atoms with Crippen LogP contribution in [-0.2, 0) is 4.79 Å². The number of amides is 1. The number of likely N-dealkylation sites (N-methyl/N-ethyl adjacent to an activating group) is 1. The van der Waals surface area contributed by atoms with Crippen LogP contribution >= 0.6 is 0 Å². The third-order valence-corrected chi connectivity index (χ3v) is 3.58. The first kappa shape index (κ1) is 13.8. The van der Waals surface area contributed by atoms with Crippen molar-refractivity contribution in [3.05, 3.63) is 63.7 Å². The molecule has 3 rings (SSSR count). The lowest BCUT2D eigenvalue weighted by atomic mass is 10.0. The van der Waals surface area contributed by atoms with Gasteiger partial charge in [-0.15, -0.1) is 0 Å². The zero-order valence-corrected chi connectivity index (χ0v) is 11.6. The molecule has 0 saturated heterocycles. The van der Waals surface area contributed by atoms with Crippen molar-refractivity contribution in [3.8, 4) is 5.75 Å². The number of benzene rings is 2. The van der Waals surface area contributed by atoms with Crippen molar-refractivity contribution in [1.82, 2.24) is 0 Å². The Morgan fingerprint density at radius 3 is 2.64 bits per heavy atom. The molecule has 0 N–H and O–H groups in total. The minimum absolute atomic E-state index is 0.185. The highest BCUT2D eigenvalue weighted by Crippen LogP contribution is 2.37. The molecular weight excluding hydrogens is 284 g/mol. The first-order valence-electron chi connectivity index (χ1n) is 6.53. The van der Waals surface area contributed by atoms with Gasteiger partial charge < -0.3 is 10.0 Å². The average molecular weight is 295 g/mol. The molecule has 0 radical (unpaired) electrons. The summed E-state index contributed by atoms with van der Waals surface area (Å²) in [5.41, 5.74) is 1.95. The second-order valence-corrected chi connectivity index (χ2v) is 4.92. The van der Waals surface area contributed by atoms with Crippen LogP contribution in [0.4, 0.5) is 11.4 Å². The van der Waals surface area contributed by atoms with Gasteiger partial charge in [0, 0.05) is 24.3 Å². The maximum absolute atomic E-state index is 12.3. The number of hydrogen-bond acceptors (Lipinski definition) is 4. The highest BCUT2D eigenvalue weighted by atomic mass is 16.6. The number of nitrogens with zero attached hydrogens (tertiary/aromatic N) is 2. The lowest BCUT2D eigenvalue weighted by Gasteiger charge is -2.08. The van der Waals surface area contributed by atoms with Crippen molar-refractivity contribution in [3.63, 3.8) is 0 Å². The Labute approximate surface area is 126 Å². The van der Waals surface area contributed by atoms with Crippen LogP contribution < -0.4 is 10.0 Å². The molecule has 110 valence electrons. The van der Waals surface area contributed by atoms with E-state index in [-0.39, 0.29) is 5.91 Å². The average Bonchev–Trinajstić information content (AvgIpc) is 2.74. The number of anilines is 1. The van der Waals surface area contributed by atoms with Crippen LogP contribution in [0.3, 0.4) is 0 Å². The van der Waals surface area contributed by atoms with E-state index >= 15 is 0 Å². The summed E-state index contributed by atoms with van der Waals surface area (Å²) in [5, 5.41) is 22.3. The fraction of sp³-hybridized carbons (Fsp3) is 0.0625. The highest BCUT2D eigenvalue weighted by molar-refractivity contribution is 6.35. The summed E-state index contributed by atoms with van der Waals surface area (Å²) in [6.07, 6.45) is 1.57. The van der Waals surface area contributed by atoms with Crippen molar-refractivity contribution in [2.24, 2.45) is 0 Å². The molecular formula is C16H11N2O4-. The standard InChI is InChI=1S/C16H12N2O4/c1-17-13-5-3-2-4-11(13)12(16(17)20)8-10-6-7-15(19)14(9-10)18(21)22/h2-9,19H,1H3/p-1/b12-8-. The molecule has 1 heterocycles. The van der Waals surface area contributed by atoms with Gasteiger partial charge in [0.25, 0.3) is 11.6 Å². The van der Waals surface area contributed by atoms with Gasteiger partial charge in [0.1, 0.15) is 0 Å². The molecule has 22 heavy (non-hydrogen) atoms. The number of rotatable bonds is 2. The lowest BCUT2D eigenvalue weighted by molar-refractivity contribution is -0.398. The summed E-state index contributed by atoms with van der Waals surface area (Å²) in [4.78, 5) is 24.0. The minimum atomic E-state index is -0.721. The van der Waals surface area contributed by atoms with E-state index in [1.165, 1.54) is 17.0 Å². The van der Waals surface area contributed by atoms with Crippen LogP contribution in [0.25, 0.3) is 11.6 Å². The van der Waals surface area contributed by atoms with Gasteiger partial charge in [-0.05, 0) is 23.5 Å². The molecule has 0 aliphatic carbocycles. The minimum Gasteiger partial charge on any atom is -0.868 e. The predicted molar refractivity (Wildman–Crippen MR) is 80.3 cm³/mol. The topological polar surface area (TPSA) is 86.5 Å². The molecule has 0 aromatic heterocycles. The van der Waals surface area contributed by atoms with E-state index < -0.39 is 16.4 Å². The second kappa shape index (κ2) is 5.00. The van der Waals surface area contributed by atoms with E-state index in [4.69, 9.17) is 0 Å². The smallest absolute Gasteiger partial charge is 0.262 e. The maximum Gasteiger partial charge on any atom is 0.262 e. The normalized spacial score (nSPS) is 15.2. The van der Waals surface area contributed by atoms with E-state index in [2.05, 4.69) is 0 Å². The molecule has 2 aromatic rings. The fourth-order valence-corrected chi connectivity index (χ4v) is 2.47. The molecule has 1 aliphatic rings. The summed E-state index contributed by atoms with van der Waals surface area (Å²) >= 11 is 0. The highest BCUT2D eigenvalue weighted by Gasteiger charge is 2.29. The largest absolute Gasteiger partial charge is 0.868 e. The van der Waals surface area contributed by atoms with Gasteiger partial charge in [0.05, 0.1) is 10.6 Å². The van der Waals surface area contributed by atoms with E-state index in [0.717, 1.165) is 17.3 Å². The number of fused-ring (bicyclic) bond motifs is 1. The first-order valence-corrected chi connectivity index (χ1v) is 6.53. The summed E-state index contributed by atoms with van der Waals surface area (Å²) in [7, 11) is 1.67. The molecule has 0 unspecified atom stereocenters. The van der Waals surface area contributed by atoms with Crippen molar-refractivity contribution in [2.75, 3.05) is 11.9 Å². The Balaban J connectivity index is 2.12. The Morgan fingerprint density at radius 1 is 1.18 bits per heavy atom. The maximum atomic E-state index is 12.3. The van der Waals surface area contributed by atoms with Gasteiger partial charge in [-0.1, -0.05) is 30.3 Å². The Hall–Kier alpha value is -3.15. The molecule has 1 amide bonds. The Morgan fingerprint density at radius 2 is 1.91 bits per heavy atom. The zero-order chi connectivity index (χ0) is 15.9. The van der Waals surface area contributed by atoms with Crippen molar-refractivity contribution >= 4 is 28.9 Å². The zero-order valence-electron chi connectivity index (χ0n) is 11.6. The predicted octanol–water partition coefficient (Wildman–Crippen LogP) is 2.19. The van der Waals surface area contributed by atoms with Gasteiger partial charge in [0.2, 0.25) is 0 Å². The molecule has 0 spiro atoms. The van der Waals surface area contributed by atoms with Gasteiger partial charge >= 0.3 is 0 Å². The fourth-order valence-electron chi connectivity index (χ4n) is 2.47. The molecule has 2 aromatic carbocycles. The quantitative estimate of drug-likeness (QED) is 0.482. The van der Waals surface area contributed by atoms with Crippen molar-refractivity contribution in [2.45, 2.75) is 0 Å². The number of nitro benzene ring substituents is 1. The first-order chi connectivity index (χ1) is 10.5. The third kappa shape index (κ3) is 2.10. The SMILES string of the molecule is CN1C(=O)/C(=C\c2ccc([O-])c([N+](=O)[O-])c2)c2ccccc21. The van der Waals surface area contributed by atoms with Crippen LogP contribution in [0.5, 0.6) is 5.75 Å². The number of carbonyl (C=O) groups excluding carboxylic acids is 1. The molecule has 0 saturated carbocycles. The van der Waals surface area contributed by atoms with Crippen LogP contribution in [0.1, 0.15) is 11.1 Å². The number of carbonyl (C=O) groups is 1. The second-order valence-electron chi connectivity index (χ2n) is 4.92. The summed E-state index contributed by atoms with van der Waals surface area (Å²) in [6, 6.07) is 11.1. The van der Waals surface area contributed by atoms with E-state index in [1.54, 1.807) is 13.1 Å². The van der Waals surface area contributed by atoms with Crippen LogP contribution in [0.15, 0.2) is 42.5 Å². The van der Waals surface area contributed by atoms with Crippen LogP contribution in [0, 0.1) is 10.1 Å². The number of nitro groups is 1. The van der Waals surface area contributed by atoms with Crippen LogP contribution in [-0.4, -0.2) is 17.9 Å².